The normalized spacial score (nSPS) is 12.5. The van der Waals surface area contributed by atoms with Gasteiger partial charge in [-0.1, -0.05) is 157 Å². The van der Waals surface area contributed by atoms with Crippen LogP contribution >= 0.6 is 0 Å². The maximum Gasteiger partial charge on any atom is 0.251 e. The lowest BCUT2D eigenvalue weighted by Gasteiger charge is -2.22. The first-order valence-corrected chi connectivity index (χ1v) is 20.4. The molecule has 0 bridgehead atoms. The van der Waals surface area contributed by atoms with Crippen molar-refractivity contribution < 1.29 is 19.2 Å². The first kappa shape index (κ1) is 45.1. The van der Waals surface area contributed by atoms with Crippen LogP contribution < -0.4 is 21.3 Å². The third-order valence-corrected chi connectivity index (χ3v) is 9.54. The molecule has 50 heavy (non-hydrogen) atoms. The van der Waals surface area contributed by atoms with Gasteiger partial charge in [0.05, 0.1) is 0 Å². The van der Waals surface area contributed by atoms with Gasteiger partial charge in [0.15, 0.2) is 0 Å². The van der Waals surface area contributed by atoms with E-state index in [1.807, 2.05) is 27.7 Å². The van der Waals surface area contributed by atoms with Crippen molar-refractivity contribution >= 4 is 23.6 Å². The number of amides is 4. The van der Waals surface area contributed by atoms with Crippen molar-refractivity contribution in [2.24, 2.45) is 11.8 Å². The summed E-state index contributed by atoms with van der Waals surface area (Å²) in [5.74, 6) is -1.24. The molecule has 0 saturated carbocycles. The van der Waals surface area contributed by atoms with Gasteiger partial charge in [0.25, 0.3) is 11.8 Å². The smallest absolute Gasteiger partial charge is 0.251 e. The molecule has 1 rings (SSSR count). The molecule has 0 radical (unpaired) electrons. The molecule has 286 valence electrons. The molecule has 2 unspecified atom stereocenters. The average molecular weight is 699 g/mol. The van der Waals surface area contributed by atoms with Crippen molar-refractivity contribution in [3.05, 3.63) is 35.4 Å². The zero-order valence-corrected chi connectivity index (χ0v) is 32.8. The Kier molecular flexibility index (Phi) is 26.0. The van der Waals surface area contributed by atoms with E-state index in [-0.39, 0.29) is 35.5 Å². The van der Waals surface area contributed by atoms with E-state index >= 15 is 0 Å². The van der Waals surface area contributed by atoms with E-state index in [4.69, 9.17) is 0 Å². The Morgan fingerprint density at radius 2 is 0.700 bits per heavy atom. The molecule has 0 heterocycles. The minimum absolute atomic E-state index is 0.0825. The third kappa shape index (κ3) is 20.7. The van der Waals surface area contributed by atoms with Gasteiger partial charge < -0.3 is 21.3 Å². The highest BCUT2D eigenvalue weighted by atomic mass is 16.2. The second-order valence-corrected chi connectivity index (χ2v) is 14.9. The number of hydrogen-bond acceptors (Lipinski definition) is 4. The molecule has 2 atom stereocenters. The van der Waals surface area contributed by atoms with E-state index in [0.717, 1.165) is 25.7 Å². The van der Waals surface area contributed by atoms with Crippen LogP contribution in [0.25, 0.3) is 0 Å². The van der Waals surface area contributed by atoms with Gasteiger partial charge >= 0.3 is 0 Å². The van der Waals surface area contributed by atoms with Crippen LogP contribution in [0.2, 0.25) is 0 Å². The average Bonchev–Trinajstić information content (AvgIpc) is 3.10. The minimum atomic E-state index is -0.653. The number of unbranched alkanes of at least 4 members (excludes halogenated alkanes) is 18. The Labute approximate surface area is 305 Å². The Bertz CT molecular complexity index is 973. The van der Waals surface area contributed by atoms with Crippen LogP contribution in [0.3, 0.4) is 0 Å². The van der Waals surface area contributed by atoms with E-state index in [0.29, 0.717) is 24.2 Å². The number of carbonyl (C=O) groups is 4. The Morgan fingerprint density at radius 3 is 0.960 bits per heavy atom. The third-order valence-electron chi connectivity index (χ3n) is 9.54. The van der Waals surface area contributed by atoms with Gasteiger partial charge in [0.1, 0.15) is 12.1 Å². The van der Waals surface area contributed by atoms with Crippen molar-refractivity contribution in [2.75, 3.05) is 13.1 Å². The maximum absolute atomic E-state index is 13.1. The second kappa shape index (κ2) is 28.8. The lowest BCUT2D eigenvalue weighted by Crippen LogP contribution is -2.50. The minimum Gasteiger partial charge on any atom is -0.354 e. The highest BCUT2D eigenvalue weighted by Gasteiger charge is 2.26. The second-order valence-electron chi connectivity index (χ2n) is 14.9. The Morgan fingerprint density at radius 1 is 0.440 bits per heavy atom. The lowest BCUT2D eigenvalue weighted by atomic mass is 10.0. The van der Waals surface area contributed by atoms with Gasteiger partial charge in [-0.15, -0.1) is 0 Å². The SMILES string of the molecule is CCCCCCCCCCCCNC(=O)C(NC(=O)c1ccc(C(=O)NC(C(=O)NCCCCCCCCCCCC)C(C)C)cc1)C(C)C. The van der Waals surface area contributed by atoms with Crippen molar-refractivity contribution in [3.63, 3.8) is 0 Å². The van der Waals surface area contributed by atoms with Crippen LogP contribution in [0.15, 0.2) is 24.3 Å². The summed E-state index contributed by atoms with van der Waals surface area (Å²) < 4.78 is 0. The monoisotopic (exact) mass is 699 g/mol. The van der Waals surface area contributed by atoms with Gasteiger partial charge in [0.2, 0.25) is 11.8 Å². The lowest BCUT2D eigenvalue weighted by molar-refractivity contribution is -0.124. The predicted molar refractivity (Wildman–Crippen MR) is 208 cm³/mol. The van der Waals surface area contributed by atoms with Gasteiger partial charge in [-0.25, -0.2) is 0 Å². The molecule has 0 saturated heterocycles. The standard InChI is InChI=1S/C42H74N4O4/c1-7-9-11-13-15-17-19-21-23-25-31-43-41(49)37(33(3)4)45-39(47)35-27-29-36(30-28-35)40(48)46-38(34(5)6)42(50)44-32-26-24-22-20-18-16-14-12-10-8-2/h27-30,33-34,37-38H,7-26,31-32H2,1-6H3,(H,43,49)(H,44,50)(H,45,47)(H,46,48). The van der Waals surface area contributed by atoms with E-state index in [2.05, 4.69) is 35.1 Å². The number of carbonyl (C=O) groups excluding carboxylic acids is 4. The molecule has 0 aromatic heterocycles. The maximum atomic E-state index is 13.1. The van der Waals surface area contributed by atoms with Gasteiger partial charge in [0, 0.05) is 24.2 Å². The van der Waals surface area contributed by atoms with Crippen LogP contribution in [0, 0.1) is 11.8 Å². The fraction of sp³-hybridized carbons (Fsp3) is 0.762. The van der Waals surface area contributed by atoms with Crippen molar-refractivity contribution in [1.29, 1.82) is 0 Å². The zero-order chi connectivity index (χ0) is 37.0. The molecule has 0 aliphatic rings. The number of nitrogens with one attached hydrogen (secondary N) is 4. The molecule has 4 amide bonds. The van der Waals surface area contributed by atoms with Gasteiger partial charge in [-0.3, -0.25) is 19.2 Å². The zero-order valence-electron chi connectivity index (χ0n) is 32.8. The summed E-state index contributed by atoms with van der Waals surface area (Å²) in [6, 6.07) is 5.02. The fourth-order valence-corrected chi connectivity index (χ4v) is 6.16. The summed E-state index contributed by atoms with van der Waals surface area (Å²) in [5.41, 5.74) is 0.730. The van der Waals surface area contributed by atoms with Crippen LogP contribution in [0.4, 0.5) is 0 Å². The molecule has 0 aliphatic heterocycles. The van der Waals surface area contributed by atoms with Crippen LogP contribution in [-0.4, -0.2) is 48.8 Å². The van der Waals surface area contributed by atoms with Crippen molar-refractivity contribution in [1.82, 2.24) is 21.3 Å². The summed E-state index contributed by atoms with van der Waals surface area (Å²) >= 11 is 0. The van der Waals surface area contributed by atoms with Crippen molar-refractivity contribution in [3.8, 4) is 0 Å². The Balaban J connectivity index is 2.45. The topological polar surface area (TPSA) is 116 Å². The Hall–Kier alpha value is -2.90. The van der Waals surface area contributed by atoms with E-state index in [1.54, 1.807) is 24.3 Å². The molecule has 0 aliphatic carbocycles. The molecular formula is C42H74N4O4. The van der Waals surface area contributed by atoms with Gasteiger partial charge in [-0.05, 0) is 48.9 Å². The molecule has 8 nitrogen and oxygen atoms in total. The fourth-order valence-electron chi connectivity index (χ4n) is 6.16. The predicted octanol–water partition coefficient (Wildman–Crippen LogP) is 9.27. The summed E-state index contributed by atoms with van der Waals surface area (Å²) in [4.78, 5) is 52.0. The van der Waals surface area contributed by atoms with Gasteiger partial charge in [-0.2, -0.15) is 0 Å². The summed E-state index contributed by atoms with van der Waals surface area (Å²) in [7, 11) is 0. The summed E-state index contributed by atoms with van der Waals surface area (Å²) in [6.07, 6.45) is 24.7. The molecular weight excluding hydrogens is 624 g/mol. The van der Waals surface area contributed by atoms with E-state index in [9.17, 15) is 19.2 Å². The molecule has 1 aromatic rings. The highest BCUT2D eigenvalue weighted by Crippen LogP contribution is 2.13. The molecule has 4 N–H and O–H groups in total. The van der Waals surface area contributed by atoms with Crippen LogP contribution in [0.5, 0.6) is 0 Å². The molecule has 0 spiro atoms. The number of benzene rings is 1. The van der Waals surface area contributed by atoms with E-state index < -0.39 is 12.1 Å². The first-order valence-electron chi connectivity index (χ1n) is 20.4. The summed E-state index contributed by atoms with van der Waals surface area (Å²) in [6.45, 7) is 13.3. The molecule has 8 heteroatoms. The summed E-state index contributed by atoms with van der Waals surface area (Å²) in [5, 5.41) is 11.8. The molecule has 0 fully saturated rings. The van der Waals surface area contributed by atoms with Crippen LogP contribution in [-0.2, 0) is 9.59 Å². The first-order chi connectivity index (χ1) is 24.1. The highest BCUT2D eigenvalue weighted by molar-refractivity contribution is 6.00. The van der Waals surface area contributed by atoms with Crippen molar-refractivity contribution in [2.45, 2.75) is 182 Å². The largest absolute Gasteiger partial charge is 0.354 e. The van der Waals surface area contributed by atoms with E-state index in [1.165, 1.54) is 103 Å². The quantitative estimate of drug-likeness (QED) is 0.0600. The molecule has 1 aromatic carbocycles. The number of hydrogen-bond donors (Lipinski definition) is 4. The van der Waals surface area contributed by atoms with Crippen LogP contribution in [0.1, 0.15) is 191 Å². The number of rotatable bonds is 30.